The van der Waals surface area contributed by atoms with Gasteiger partial charge in [-0.2, -0.15) is 18.4 Å². The number of carbonyl (C=O) groups excluding carboxylic acids is 1. The van der Waals surface area contributed by atoms with Crippen LogP contribution >= 0.6 is 0 Å². The Morgan fingerprint density at radius 1 is 1.07 bits per heavy atom. The molecule has 206 valence electrons. The van der Waals surface area contributed by atoms with Crippen LogP contribution in [0.15, 0.2) is 65.8 Å². The maximum Gasteiger partial charge on any atom is 0.455 e. The number of Topliss-reactive ketones (excluding diaryl/α,β-unsaturated/α-hetero) is 1. The number of carbonyl (C=O) groups is 1. The molecule has 1 N–H and O–H groups in total. The van der Waals surface area contributed by atoms with Crippen molar-refractivity contribution in [2.24, 2.45) is 7.05 Å². The van der Waals surface area contributed by atoms with Crippen LogP contribution in [-0.4, -0.2) is 51.3 Å². The van der Waals surface area contributed by atoms with Gasteiger partial charge >= 0.3 is 11.9 Å². The second-order valence-electron chi connectivity index (χ2n) is 9.29. The first kappa shape index (κ1) is 26.8. The van der Waals surface area contributed by atoms with Crippen molar-refractivity contribution < 1.29 is 18.0 Å². The summed E-state index contributed by atoms with van der Waals surface area (Å²) in [5, 5.41) is 14.2. The maximum atomic E-state index is 13.6. The van der Waals surface area contributed by atoms with Gasteiger partial charge < -0.3 is 4.57 Å². The Labute approximate surface area is 226 Å². The van der Waals surface area contributed by atoms with E-state index in [1.165, 1.54) is 28.6 Å². The molecule has 1 aromatic carbocycles. The average Bonchev–Trinajstić information content (AvgIpc) is 3.67. The summed E-state index contributed by atoms with van der Waals surface area (Å²) in [6, 6.07) is 12.2. The number of hydrogen-bond donors (Lipinski definition) is 1. The Bertz CT molecular complexity index is 1700. The van der Waals surface area contributed by atoms with E-state index in [4.69, 9.17) is 0 Å². The van der Waals surface area contributed by atoms with E-state index in [1.807, 2.05) is 43.3 Å². The Hall–Kier alpha value is -4.81. The third-order valence-electron chi connectivity index (χ3n) is 6.57. The number of tetrazole rings is 1. The first-order valence-corrected chi connectivity index (χ1v) is 12.6. The van der Waals surface area contributed by atoms with Crippen LogP contribution in [0.3, 0.4) is 0 Å². The molecule has 4 heterocycles. The Morgan fingerprint density at radius 3 is 2.50 bits per heavy atom. The Morgan fingerprint density at radius 2 is 1.85 bits per heavy atom. The molecule has 0 saturated heterocycles. The lowest BCUT2D eigenvalue weighted by Gasteiger charge is -2.10. The van der Waals surface area contributed by atoms with E-state index in [2.05, 4.69) is 25.6 Å². The maximum absolute atomic E-state index is 13.6. The number of H-pyrrole nitrogens is 1. The fourth-order valence-electron chi connectivity index (χ4n) is 4.59. The van der Waals surface area contributed by atoms with Gasteiger partial charge in [0.05, 0.1) is 17.8 Å². The van der Waals surface area contributed by atoms with Gasteiger partial charge in [0, 0.05) is 42.5 Å². The molecule has 0 unspecified atom stereocenters. The van der Waals surface area contributed by atoms with Crippen LogP contribution in [0.5, 0.6) is 0 Å². The van der Waals surface area contributed by atoms with Crippen molar-refractivity contribution in [3.63, 3.8) is 0 Å². The summed E-state index contributed by atoms with van der Waals surface area (Å²) in [6.45, 7) is 2.16. The van der Waals surface area contributed by atoms with Gasteiger partial charge in [0.15, 0.2) is 0 Å². The molecule has 0 aliphatic rings. The molecular formula is C27H25F3N8O2. The van der Waals surface area contributed by atoms with Gasteiger partial charge in [0.25, 0.3) is 5.78 Å². The Kier molecular flexibility index (Phi) is 7.20. The molecule has 0 aliphatic carbocycles. The van der Waals surface area contributed by atoms with E-state index in [0.717, 1.165) is 40.2 Å². The van der Waals surface area contributed by atoms with Crippen LogP contribution in [-0.2, 0) is 20.0 Å². The second-order valence-corrected chi connectivity index (χ2v) is 9.29. The molecule has 0 radical (unpaired) electrons. The number of nitrogens with zero attached hydrogens (tertiary/aromatic N) is 7. The van der Waals surface area contributed by atoms with E-state index < -0.39 is 23.2 Å². The molecule has 0 fully saturated rings. The zero-order valence-electron chi connectivity index (χ0n) is 21.7. The normalized spacial score (nSPS) is 11.7. The van der Waals surface area contributed by atoms with E-state index in [0.29, 0.717) is 23.6 Å². The molecule has 4 aromatic heterocycles. The molecule has 0 saturated carbocycles. The molecule has 10 nitrogen and oxygen atoms in total. The fraction of sp³-hybridized carbons (Fsp3) is 0.259. The predicted molar refractivity (Wildman–Crippen MR) is 140 cm³/mol. The number of nitrogens with one attached hydrogen (secondary N) is 1. The van der Waals surface area contributed by atoms with E-state index in [9.17, 15) is 22.8 Å². The molecule has 40 heavy (non-hydrogen) atoms. The van der Waals surface area contributed by atoms with Gasteiger partial charge in [0.1, 0.15) is 5.82 Å². The number of halogens is 3. The largest absolute Gasteiger partial charge is 0.455 e. The van der Waals surface area contributed by atoms with Gasteiger partial charge in [-0.3, -0.25) is 18.9 Å². The molecule has 13 heteroatoms. The highest BCUT2D eigenvalue weighted by Gasteiger charge is 2.41. The number of ketones is 1. The molecular weight excluding hydrogens is 525 g/mol. The third-order valence-corrected chi connectivity index (χ3v) is 6.57. The first-order valence-electron chi connectivity index (χ1n) is 12.6. The topological polar surface area (TPSA) is 116 Å². The molecule has 0 spiro atoms. The SMILES string of the molecule is CCCCc1cn(-c2c(C(=O)C(F)(F)F)ccn2C)c(=O)n1Cc1ccc(-c2ccccc2-c2nn[nH]n2)nc1. The van der Waals surface area contributed by atoms with Crippen molar-refractivity contribution in [3.05, 3.63) is 88.4 Å². The number of rotatable bonds is 9. The average molecular weight is 551 g/mol. The Balaban J connectivity index is 1.51. The van der Waals surface area contributed by atoms with Gasteiger partial charge in [-0.15, -0.1) is 10.2 Å². The zero-order valence-corrected chi connectivity index (χ0v) is 21.7. The summed E-state index contributed by atoms with van der Waals surface area (Å²) in [7, 11) is 1.49. The van der Waals surface area contributed by atoms with Crippen molar-refractivity contribution in [2.45, 2.75) is 38.9 Å². The fourth-order valence-corrected chi connectivity index (χ4v) is 4.59. The molecule has 0 aliphatic heterocycles. The molecule has 5 aromatic rings. The minimum absolute atomic E-state index is 0.129. The number of aromatic nitrogens is 8. The van der Waals surface area contributed by atoms with Crippen LogP contribution in [0.2, 0.25) is 0 Å². The van der Waals surface area contributed by atoms with E-state index >= 15 is 0 Å². The number of unbranched alkanes of at least 4 members (excludes halogenated alkanes) is 1. The van der Waals surface area contributed by atoms with E-state index in [1.54, 1.807) is 6.20 Å². The number of alkyl halides is 3. The molecule has 0 bridgehead atoms. The summed E-state index contributed by atoms with van der Waals surface area (Å²) in [5.41, 5.74) is 2.45. The second kappa shape index (κ2) is 10.8. The van der Waals surface area contributed by atoms with Crippen molar-refractivity contribution in [1.82, 2.24) is 39.3 Å². The first-order chi connectivity index (χ1) is 19.2. The number of aryl methyl sites for hydroxylation is 2. The van der Waals surface area contributed by atoms with Crippen LogP contribution in [0.25, 0.3) is 28.5 Å². The van der Waals surface area contributed by atoms with E-state index in [-0.39, 0.29) is 12.4 Å². The highest BCUT2D eigenvalue weighted by molar-refractivity contribution is 6.03. The minimum atomic E-state index is -5.07. The summed E-state index contributed by atoms with van der Waals surface area (Å²) >= 11 is 0. The van der Waals surface area contributed by atoms with Gasteiger partial charge in [0.2, 0.25) is 5.82 Å². The highest BCUT2D eigenvalue weighted by Crippen LogP contribution is 2.29. The minimum Gasteiger partial charge on any atom is -0.336 e. The lowest BCUT2D eigenvalue weighted by molar-refractivity contribution is -0.0885. The van der Waals surface area contributed by atoms with Crippen LogP contribution in [0, 0.1) is 0 Å². The monoisotopic (exact) mass is 550 g/mol. The molecule has 0 atom stereocenters. The predicted octanol–water partition coefficient (Wildman–Crippen LogP) is 4.36. The van der Waals surface area contributed by atoms with Crippen molar-refractivity contribution in [1.29, 1.82) is 0 Å². The van der Waals surface area contributed by atoms with Crippen LogP contribution < -0.4 is 5.69 Å². The highest BCUT2D eigenvalue weighted by atomic mass is 19.4. The summed E-state index contributed by atoms with van der Waals surface area (Å²) in [5.74, 6) is -1.70. The third kappa shape index (κ3) is 5.09. The smallest absolute Gasteiger partial charge is 0.336 e. The summed E-state index contributed by atoms with van der Waals surface area (Å²) in [4.78, 5) is 30.3. The number of pyridine rings is 1. The lowest BCUT2D eigenvalue weighted by atomic mass is 10.0. The number of benzene rings is 1. The summed E-state index contributed by atoms with van der Waals surface area (Å²) in [6.07, 6.45) is 1.60. The number of hydrogen-bond acceptors (Lipinski definition) is 6. The summed E-state index contributed by atoms with van der Waals surface area (Å²) < 4.78 is 43.8. The number of imidazole rings is 1. The molecule has 5 rings (SSSR count). The lowest BCUT2D eigenvalue weighted by Crippen LogP contribution is -2.29. The number of aromatic amines is 1. The van der Waals surface area contributed by atoms with Crippen molar-refractivity contribution in [2.75, 3.05) is 0 Å². The van der Waals surface area contributed by atoms with Crippen molar-refractivity contribution in [3.8, 4) is 28.5 Å². The van der Waals surface area contributed by atoms with Crippen LogP contribution in [0.1, 0.15) is 41.4 Å². The van der Waals surface area contributed by atoms with Crippen LogP contribution in [0.4, 0.5) is 13.2 Å². The van der Waals surface area contributed by atoms with Gasteiger partial charge in [-0.1, -0.05) is 43.7 Å². The molecule has 0 amide bonds. The van der Waals surface area contributed by atoms with Crippen molar-refractivity contribution >= 4 is 5.78 Å². The quantitative estimate of drug-likeness (QED) is 0.273. The van der Waals surface area contributed by atoms with Gasteiger partial charge in [-0.25, -0.2) is 4.79 Å². The van der Waals surface area contributed by atoms with Gasteiger partial charge in [-0.05, 0) is 35.8 Å². The standard InChI is InChI=1S/C27H25F3N8O2/c1-3-4-7-18-16-38(25-21(12-13-36(25)2)23(39)27(28,29)30)26(40)37(18)15-17-10-11-22(31-14-17)19-8-5-6-9-20(19)24-32-34-35-33-24/h5-6,8-14,16H,3-4,7,15H2,1-2H3,(H,32,33,34,35). The zero-order chi connectivity index (χ0) is 28.4.